The molecule has 0 unspecified atom stereocenters. The highest BCUT2D eigenvalue weighted by Crippen LogP contribution is 2.28. The largest absolute Gasteiger partial charge is 0.493 e. The maximum Gasteiger partial charge on any atom is 0.161 e. The number of methoxy groups -OCH3 is 1. The van der Waals surface area contributed by atoms with E-state index in [0.29, 0.717) is 31.1 Å². The predicted octanol–water partition coefficient (Wildman–Crippen LogP) is 1.80. The number of imidazole rings is 1. The lowest BCUT2D eigenvalue weighted by molar-refractivity contribution is 0.0705. The SMILES string of the molecule is CCN(CC)C[C@@H](O)COc1ccc(CNCc2nccn2C)cc1OC. The van der Waals surface area contributed by atoms with Crippen LogP contribution in [0.25, 0.3) is 0 Å². The van der Waals surface area contributed by atoms with Crippen molar-refractivity contribution in [3.8, 4) is 11.5 Å². The quantitative estimate of drug-likeness (QED) is 0.589. The summed E-state index contributed by atoms with van der Waals surface area (Å²) >= 11 is 0. The van der Waals surface area contributed by atoms with Crippen molar-refractivity contribution in [1.82, 2.24) is 19.8 Å². The lowest BCUT2D eigenvalue weighted by Gasteiger charge is -2.22. The minimum atomic E-state index is -0.534. The topological polar surface area (TPSA) is 71.8 Å². The molecule has 7 heteroatoms. The number of rotatable bonds is 12. The lowest BCUT2D eigenvalue weighted by Crippen LogP contribution is -2.35. The van der Waals surface area contributed by atoms with Crippen molar-refractivity contribution in [2.24, 2.45) is 7.05 Å². The highest BCUT2D eigenvalue weighted by Gasteiger charge is 2.12. The van der Waals surface area contributed by atoms with Crippen molar-refractivity contribution in [1.29, 1.82) is 0 Å². The minimum Gasteiger partial charge on any atom is -0.493 e. The number of nitrogens with zero attached hydrogens (tertiary/aromatic N) is 3. The molecule has 0 radical (unpaired) electrons. The van der Waals surface area contributed by atoms with Gasteiger partial charge < -0.3 is 29.4 Å². The Kier molecular flexibility index (Phi) is 8.57. The number of ether oxygens (including phenoxy) is 2. The summed E-state index contributed by atoms with van der Waals surface area (Å²) < 4.78 is 13.2. The first-order chi connectivity index (χ1) is 13.1. The van der Waals surface area contributed by atoms with Gasteiger partial charge >= 0.3 is 0 Å². The van der Waals surface area contributed by atoms with Crippen molar-refractivity contribution < 1.29 is 14.6 Å². The Morgan fingerprint density at radius 2 is 2.00 bits per heavy atom. The monoisotopic (exact) mass is 376 g/mol. The van der Waals surface area contributed by atoms with Crippen molar-refractivity contribution in [2.45, 2.75) is 33.0 Å². The molecule has 0 fully saturated rings. The summed E-state index contributed by atoms with van der Waals surface area (Å²) in [7, 11) is 3.60. The summed E-state index contributed by atoms with van der Waals surface area (Å²) in [6, 6.07) is 5.85. The average Bonchev–Trinajstić information content (AvgIpc) is 3.09. The van der Waals surface area contributed by atoms with Gasteiger partial charge in [-0.1, -0.05) is 19.9 Å². The summed E-state index contributed by atoms with van der Waals surface area (Å²) in [5.41, 5.74) is 1.09. The number of aromatic nitrogens is 2. The molecular weight excluding hydrogens is 344 g/mol. The Labute approximate surface area is 161 Å². The number of hydrogen-bond acceptors (Lipinski definition) is 6. The predicted molar refractivity (Wildman–Crippen MR) is 106 cm³/mol. The van der Waals surface area contributed by atoms with Crippen LogP contribution in [0.5, 0.6) is 11.5 Å². The van der Waals surface area contributed by atoms with Crippen molar-refractivity contribution in [3.05, 3.63) is 42.0 Å². The van der Waals surface area contributed by atoms with Gasteiger partial charge in [-0.2, -0.15) is 0 Å². The van der Waals surface area contributed by atoms with E-state index >= 15 is 0 Å². The van der Waals surface area contributed by atoms with Crippen LogP contribution >= 0.6 is 0 Å². The standard InChI is InChI=1S/C20H32N4O3/c1-5-24(6-2)14-17(25)15-27-18-8-7-16(11-19(18)26-4)12-21-13-20-22-9-10-23(20)3/h7-11,17,21,25H,5-6,12-15H2,1-4H3/t17-/m1/s1. The van der Waals surface area contributed by atoms with Crippen LogP contribution in [0.3, 0.4) is 0 Å². The first kappa shape index (κ1) is 21.2. The molecule has 150 valence electrons. The Morgan fingerprint density at radius 1 is 1.22 bits per heavy atom. The number of hydrogen-bond donors (Lipinski definition) is 2. The number of aliphatic hydroxyl groups excluding tert-OH is 1. The second kappa shape index (κ2) is 10.9. The van der Waals surface area contributed by atoms with Gasteiger partial charge in [-0.3, -0.25) is 0 Å². The summed E-state index contributed by atoms with van der Waals surface area (Å²) in [5.74, 6) is 2.30. The third-order valence-electron chi connectivity index (χ3n) is 4.56. The van der Waals surface area contributed by atoms with E-state index in [0.717, 1.165) is 24.5 Å². The molecule has 2 rings (SSSR count). The van der Waals surface area contributed by atoms with E-state index in [4.69, 9.17) is 9.47 Å². The van der Waals surface area contributed by atoms with E-state index in [-0.39, 0.29) is 6.61 Å². The molecule has 0 aliphatic carbocycles. The van der Waals surface area contributed by atoms with E-state index < -0.39 is 6.10 Å². The molecule has 0 aliphatic heterocycles. The smallest absolute Gasteiger partial charge is 0.161 e. The molecule has 0 spiro atoms. The van der Waals surface area contributed by atoms with Crippen molar-refractivity contribution in [3.63, 3.8) is 0 Å². The maximum atomic E-state index is 10.2. The fraction of sp³-hybridized carbons (Fsp3) is 0.550. The molecule has 1 aromatic carbocycles. The lowest BCUT2D eigenvalue weighted by atomic mass is 10.2. The molecule has 1 aromatic heterocycles. The number of aryl methyl sites for hydroxylation is 1. The van der Waals surface area contributed by atoms with E-state index in [1.165, 1.54) is 0 Å². The van der Waals surface area contributed by atoms with E-state index in [9.17, 15) is 5.11 Å². The molecule has 0 amide bonds. The Balaban J connectivity index is 1.86. The molecule has 27 heavy (non-hydrogen) atoms. The van der Waals surface area contributed by atoms with Crippen LogP contribution in [0.15, 0.2) is 30.6 Å². The normalized spacial score (nSPS) is 12.4. The maximum absolute atomic E-state index is 10.2. The molecule has 1 atom stereocenters. The van der Waals surface area contributed by atoms with Crippen molar-refractivity contribution >= 4 is 0 Å². The second-order valence-corrected chi connectivity index (χ2v) is 6.49. The zero-order chi connectivity index (χ0) is 19.6. The second-order valence-electron chi connectivity index (χ2n) is 6.49. The highest BCUT2D eigenvalue weighted by atomic mass is 16.5. The van der Waals surface area contributed by atoms with Gasteiger partial charge in [0.15, 0.2) is 11.5 Å². The van der Waals surface area contributed by atoms with Crippen LogP contribution in [0.4, 0.5) is 0 Å². The zero-order valence-corrected chi connectivity index (χ0v) is 16.8. The fourth-order valence-corrected chi connectivity index (χ4v) is 2.85. The number of aliphatic hydroxyl groups is 1. The first-order valence-corrected chi connectivity index (χ1v) is 9.44. The highest BCUT2D eigenvalue weighted by molar-refractivity contribution is 5.43. The third kappa shape index (κ3) is 6.53. The molecule has 0 saturated heterocycles. The number of nitrogens with one attached hydrogen (secondary N) is 1. The van der Waals surface area contributed by atoms with E-state index in [2.05, 4.69) is 29.0 Å². The van der Waals surface area contributed by atoms with Crippen LogP contribution in [0.2, 0.25) is 0 Å². The molecule has 0 saturated carbocycles. The van der Waals surface area contributed by atoms with Gasteiger partial charge in [0.2, 0.25) is 0 Å². The molecule has 0 aliphatic rings. The van der Waals surface area contributed by atoms with Gasteiger partial charge in [0, 0.05) is 32.5 Å². The molecule has 7 nitrogen and oxygen atoms in total. The van der Waals surface area contributed by atoms with Crippen LogP contribution in [-0.4, -0.2) is 59.0 Å². The van der Waals surface area contributed by atoms with Crippen LogP contribution in [0.1, 0.15) is 25.2 Å². The number of benzene rings is 1. The van der Waals surface area contributed by atoms with E-state index in [1.807, 2.05) is 36.0 Å². The van der Waals surface area contributed by atoms with Gasteiger partial charge in [-0.05, 0) is 30.8 Å². The van der Waals surface area contributed by atoms with Crippen LogP contribution in [-0.2, 0) is 20.1 Å². The Morgan fingerprint density at radius 3 is 2.63 bits per heavy atom. The summed E-state index contributed by atoms with van der Waals surface area (Å²) in [5, 5.41) is 13.5. The van der Waals surface area contributed by atoms with Crippen LogP contribution in [0, 0.1) is 0 Å². The van der Waals surface area contributed by atoms with E-state index in [1.54, 1.807) is 13.3 Å². The molecular formula is C20H32N4O3. The number of likely N-dealkylation sites (N-methyl/N-ethyl adjacent to an activating group) is 1. The Hall–Kier alpha value is -2.09. The first-order valence-electron chi connectivity index (χ1n) is 9.44. The molecule has 2 N–H and O–H groups in total. The van der Waals surface area contributed by atoms with Gasteiger partial charge in [-0.15, -0.1) is 0 Å². The van der Waals surface area contributed by atoms with Gasteiger partial charge in [0.25, 0.3) is 0 Å². The van der Waals surface area contributed by atoms with Gasteiger partial charge in [-0.25, -0.2) is 4.98 Å². The zero-order valence-electron chi connectivity index (χ0n) is 16.8. The third-order valence-corrected chi connectivity index (χ3v) is 4.56. The molecule has 1 heterocycles. The van der Waals surface area contributed by atoms with Gasteiger partial charge in [0.05, 0.1) is 13.7 Å². The average molecular weight is 377 g/mol. The van der Waals surface area contributed by atoms with Crippen LogP contribution < -0.4 is 14.8 Å². The summed E-state index contributed by atoms with van der Waals surface area (Å²) in [6.45, 7) is 8.24. The Bertz CT molecular complexity index is 686. The fourth-order valence-electron chi connectivity index (χ4n) is 2.85. The van der Waals surface area contributed by atoms with Gasteiger partial charge in [0.1, 0.15) is 18.5 Å². The van der Waals surface area contributed by atoms with Crippen molar-refractivity contribution in [2.75, 3.05) is 33.4 Å². The molecule has 0 bridgehead atoms. The summed E-state index contributed by atoms with van der Waals surface area (Å²) in [4.78, 5) is 6.47. The molecule has 2 aromatic rings. The summed E-state index contributed by atoms with van der Waals surface area (Å²) in [6.07, 6.45) is 3.19. The minimum absolute atomic E-state index is 0.240.